The van der Waals surface area contributed by atoms with Gasteiger partial charge in [-0.05, 0) is 89.0 Å². The van der Waals surface area contributed by atoms with Crippen molar-refractivity contribution in [2.24, 2.45) is 0 Å². The monoisotopic (exact) mass is 825 g/mol. The standard InChI is InChI=1S/C44H55N7O9/c1-44(2,3)60-43(57)45-22-12-11-15-34(41(55)59-7)47-42(56)51-35-27-30(40(54)58-6)16-21-33(35)37(39(51)53)38(29-13-9-8-10-14-29)46-31-17-19-32(20-18-31)49(5)36(52)28-50-25-23-48(4)24-26-50/h8-10,13-14,16-21,27,34,46H,11-12,15,22-26,28H2,1-7H3,(H,45,57)(H,47,56)/b38-37-/t34-/m0/s1. The van der Waals surface area contributed by atoms with Gasteiger partial charge in [0.1, 0.15) is 11.6 Å². The van der Waals surface area contributed by atoms with Crippen LogP contribution in [0.2, 0.25) is 0 Å². The van der Waals surface area contributed by atoms with E-state index in [0.29, 0.717) is 47.6 Å². The van der Waals surface area contributed by atoms with Crippen LogP contribution in [0.3, 0.4) is 0 Å². The van der Waals surface area contributed by atoms with Gasteiger partial charge in [-0.1, -0.05) is 36.4 Å². The number of amides is 5. The van der Waals surface area contributed by atoms with E-state index in [9.17, 15) is 28.8 Å². The number of piperazine rings is 1. The molecule has 5 rings (SSSR count). The molecule has 3 aromatic carbocycles. The summed E-state index contributed by atoms with van der Waals surface area (Å²) >= 11 is 0. The Morgan fingerprint density at radius 1 is 0.850 bits per heavy atom. The zero-order valence-corrected chi connectivity index (χ0v) is 35.3. The number of methoxy groups -OCH3 is 2. The number of esters is 2. The number of carbonyl (C=O) groups excluding carboxylic acids is 6. The number of fused-ring (bicyclic) bond motifs is 1. The molecule has 3 aromatic rings. The van der Waals surface area contributed by atoms with E-state index in [2.05, 4.69) is 32.8 Å². The molecule has 60 heavy (non-hydrogen) atoms. The molecule has 320 valence electrons. The lowest BCUT2D eigenvalue weighted by Gasteiger charge is -2.32. The molecule has 0 aromatic heterocycles. The molecule has 0 spiro atoms. The Hall–Kier alpha value is -6.26. The van der Waals surface area contributed by atoms with Crippen LogP contribution >= 0.6 is 0 Å². The second-order valence-corrected chi connectivity index (χ2v) is 15.6. The van der Waals surface area contributed by atoms with Crippen LogP contribution in [0, 0.1) is 0 Å². The number of imide groups is 1. The number of nitrogens with one attached hydrogen (secondary N) is 3. The fraction of sp³-hybridized carbons (Fsp3) is 0.409. The van der Waals surface area contributed by atoms with Crippen molar-refractivity contribution >= 4 is 64.2 Å². The van der Waals surface area contributed by atoms with Crippen molar-refractivity contribution < 1.29 is 43.0 Å². The molecule has 2 aliphatic rings. The molecule has 1 saturated heterocycles. The highest BCUT2D eigenvalue weighted by molar-refractivity contribution is 6.44. The first-order valence-corrected chi connectivity index (χ1v) is 19.9. The number of alkyl carbamates (subject to hydrolysis) is 1. The maximum atomic E-state index is 14.7. The zero-order chi connectivity index (χ0) is 43.6. The number of anilines is 3. The molecule has 16 nitrogen and oxygen atoms in total. The van der Waals surface area contributed by atoms with Crippen LogP contribution in [-0.4, -0.2) is 125 Å². The van der Waals surface area contributed by atoms with Gasteiger partial charge in [0.05, 0.1) is 43.3 Å². The van der Waals surface area contributed by atoms with Crippen LogP contribution in [-0.2, 0) is 28.6 Å². The highest BCUT2D eigenvalue weighted by atomic mass is 16.6. The van der Waals surface area contributed by atoms with E-state index >= 15 is 0 Å². The van der Waals surface area contributed by atoms with Crippen molar-refractivity contribution in [3.05, 3.63) is 89.5 Å². The fourth-order valence-electron chi connectivity index (χ4n) is 6.78. The van der Waals surface area contributed by atoms with E-state index in [1.165, 1.54) is 26.4 Å². The van der Waals surface area contributed by atoms with Gasteiger partial charge >= 0.3 is 24.1 Å². The van der Waals surface area contributed by atoms with Crippen LogP contribution in [0.15, 0.2) is 72.8 Å². The van der Waals surface area contributed by atoms with Crippen LogP contribution in [0.1, 0.15) is 61.5 Å². The molecule has 5 amide bonds. The fourth-order valence-corrected chi connectivity index (χ4v) is 6.78. The second kappa shape index (κ2) is 20.1. The summed E-state index contributed by atoms with van der Waals surface area (Å²) < 4.78 is 15.2. The molecule has 0 unspecified atom stereocenters. The van der Waals surface area contributed by atoms with E-state index in [-0.39, 0.29) is 35.7 Å². The van der Waals surface area contributed by atoms with Gasteiger partial charge in [0.15, 0.2) is 0 Å². The molecule has 1 fully saturated rings. The normalized spacial score (nSPS) is 15.7. The van der Waals surface area contributed by atoms with Gasteiger partial charge < -0.3 is 40.0 Å². The molecule has 2 heterocycles. The van der Waals surface area contributed by atoms with Crippen LogP contribution < -0.4 is 25.8 Å². The van der Waals surface area contributed by atoms with E-state index in [1.54, 1.807) is 50.9 Å². The summed E-state index contributed by atoms with van der Waals surface area (Å²) in [5, 5.41) is 8.72. The Labute approximate surface area is 350 Å². The highest BCUT2D eigenvalue weighted by Gasteiger charge is 2.41. The van der Waals surface area contributed by atoms with E-state index in [0.717, 1.165) is 31.1 Å². The van der Waals surface area contributed by atoms with Crippen molar-refractivity contribution in [3.8, 4) is 0 Å². The number of likely N-dealkylation sites (N-methyl/N-ethyl adjacent to an activating group) is 2. The Balaban J connectivity index is 1.42. The third-order valence-electron chi connectivity index (χ3n) is 10.1. The molecule has 0 radical (unpaired) electrons. The highest BCUT2D eigenvalue weighted by Crippen LogP contribution is 2.42. The minimum Gasteiger partial charge on any atom is -0.467 e. The Bertz CT molecular complexity index is 2070. The minimum atomic E-state index is -1.14. The number of nitrogens with zero attached hydrogens (tertiary/aromatic N) is 4. The number of benzene rings is 3. The third-order valence-corrected chi connectivity index (χ3v) is 10.1. The third kappa shape index (κ3) is 11.5. The van der Waals surface area contributed by atoms with E-state index in [4.69, 9.17) is 14.2 Å². The van der Waals surface area contributed by atoms with E-state index < -0.39 is 41.6 Å². The number of ether oxygens (including phenoxy) is 3. The van der Waals surface area contributed by atoms with Crippen molar-refractivity contribution in [2.45, 2.75) is 51.7 Å². The molecule has 3 N–H and O–H groups in total. The van der Waals surface area contributed by atoms with Crippen LogP contribution in [0.4, 0.5) is 26.7 Å². The largest absolute Gasteiger partial charge is 0.467 e. The number of unbranched alkanes of at least 4 members (excludes halogenated alkanes) is 1. The van der Waals surface area contributed by atoms with Gasteiger partial charge in [-0.15, -0.1) is 0 Å². The number of urea groups is 1. The minimum absolute atomic E-state index is 0.0325. The predicted molar refractivity (Wildman–Crippen MR) is 228 cm³/mol. The lowest BCUT2D eigenvalue weighted by Crippen LogP contribution is -2.49. The van der Waals surface area contributed by atoms with Gasteiger partial charge in [-0.25, -0.2) is 24.1 Å². The lowest BCUT2D eigenvalue weighted by molar-refractivity contribution is -0.143. The maximum absolute atomic E-state index is 14.7. The summed E-state index contributed by atoms with van der Waals surface area (Å²) in [6.07, 6.45) is 0.426. The smallest absolute Gasteiger partial charge is 0.407 e. The number of hydrogen-bond donors (Lipinski definition) is 3. The topological polar surface area (TPSA) is 179 Å². The molecular formula is C44H55N7O9. The molecule has 0 aliphatic carbocycles. The average Bonchev–Trinajstić information content (AvgIpc) is 3.52. The lowest BCUT2D eigenvalue weighted by atomic mass is 9.99. The van der Waals surface area contributed by atoms with Gasteiger partial charge in [-0.2, -0.15) is 0 Å². The van der Waals surface area contributed by atoms with Crippen molar-refractivity contribution in [1.29, 1.82) is 0 Å². The van der Waals surface area contributed by atoms with Gasteiger partial charge in [0, 0.05) is 56.7 Å². The van der Waals surface area contributed by atoms with E-state index in [1.807, 2.05) is 42.5 Å². The number of carbonyl (C=O) groups is 6. The molecule has 16 heteroatoms. The average molecular weight is 826 g/mol. The maximum Gasteiger partial charge on any atom is 0.407 e. The summed E-state index contributed by atoms with van der Waals surface area (Å²) in [5.74, 6) is -2.15. The quantitative estimate of drug-likeness (QED) is 0.0863. The summed E-state index contributed by atoms with van der Waals surface area (Å²) in [6.45, 7) is 9.31. The van der Waals surface area contributed by atoms with Crippen LogP contribution in [0.25, 0.3) is 11.3 Å². The van der Waals surface area contributed by atoms with Gasteiger partial charge in [0.25, 0.3) is 5.91 Å². The Kier molecular flexibility index (Phi) is 15.0. The van der Waals surface area contributed by atoms with Gasteiger partial charge in [-0.3, -0.25) is 14.5 Å². The Morgan fingerprint density at radius 2 is 1.53 bits per heavy atom. The first kappa shape index (κ1) is 44.8. The van der Waals surface area contributed by atoms with Crippen molar-refractivity contribution in [3.63, 3.8) is 0 Å². The van der Waals surface area contributed by atoms with Gasteiger partial charge in [0.2, 0.25) is 5.91 Å². The SMILES string of the molecule is COC(=O)c1ccc2c(c1)N(C(=O)N[C@@H](CCCCNC(=O)OC(C)(C)C)C(=O)OC)C(=O)/C2=C(\Nc1ccc(N(C)C(=O)CN2CCN(C)CC2)cc1)c1ccccc1. The van der Waals surface area contributed by atoms with Crippen LogP contribution in [0.5, 0.6) is 0 Å². The molecule has 2 aliphatic heterocycles. The first-order valence-electron chi connectivity index (χ1n) is 19.9. The first-order chi connectivity index (χ1) is 28.6. The molecular weight excluding hydrogens is 771 g/mol. The summed E-state index contributed by atoms with van der Waals surface area (Å²) in [7, 11) is 6.23. The molecule has 0 saturated carbocycles. The summed E-state index contributed by atoms with van der Waals surface area (Å²) in [4.78, 5) is 86.6. The van der Waals surface area contributed by atoms with Crippen molar-refractivity contribution in [2.75, 3.05) is 82.7 Å². The summed E-state index contributed by atoms with van der Waals surface area (Å²) in [6, 6.07) is 18.7. The second-order valence-electron chi connectivity index (χ2n) is 15.6. The molecule has 0 bridgehead atoms. The number of hydrogen-bond acceptors (Lipinski definition) is 12. The Morgan fingerprint density at radius 3 is 2.17 bits per heavy atom. The zero-order valence-electron chi connectivity index (χ0n) is 35.3. The summed E-state index contributed by atoms with van der Waals surface area (Å²) in [5.41, 5.74) is 2.31. The number of rotatable bonds is 14. The predicted octanol–water partition coefficient (Wildman–Crippen LogP) is 4.96. The van der Waals surface area contributed by atoms with Crippen molar-refractivity contribution in [1.82, 2.24) is 20.4 Å². The molecule has 1 atom stereocenters.